The molecule has 2 amide bonds. The second-order valence-electron chi connectivity index (χ2n) is 8.97. The van der Waals surface area contributed by atoms with Crippen LogP contribution in [0.25, 0.3) is 0 Å². The van der Waals surface area contributed by atoms with E-state index in [0.717, 1.165) is 29.9 Å². The van der Waals surface area contributed by atoms with Gasteiger partial charge >= 0.3 is 0 Å². The van der Waals surface area contributed by atoms with E-state index in [1.54, 1.807) is 0 Å². The molecule has 1 saturated carbocycles. The van der Waals surface area contributed by atoms with Gasteiger partial charge in [0.2, 0.25) is 11.8 Å². The molecular formula is C23H35N3O2. The van der Waals surface area contributed by atoms with Crippen LogP contribution in [-0.4, -0.2) is 42.9 Å². The van der Waals surface area contributed by atoms with Crippen molar-refractivity contribution >= 4 is 17.5 Å². The van der Waals surface area contributed by atoms with Gasteiger partial charge in [-0.25, -0.2) is 0 Å². The second-order valence-corrected chi connectivity index (χ2v) is 8.97. The Labute approximate surface area is 169 Å². The Balaban J connectivity index is 1.44. The van der Waals surface area contributed by atoms with Gasteiger partial charge in [-0.2, -0.15) is 0 Å². The fourth-order valence-corrected chi connectivity index (χ4v) is 5.05. The van der Waals surface area contributed by atoms with Gasteiger partial charge in [0.15, 0.2) is 0 Å². The predicted octanol–water partition coefficient (Wildman–Crippen LogP) is 3.71. The molecule has 2 N–H and O–H groups in total. The fraction of sp³-hybridized carbons (Fsp3) is 0.652. The molecule has 1 aromatic rings. The first kappa shape index (κ1) is 20.8. The lowest BCUT2D eigenvalue weighted by atomic mass is 9.80. The van der Waals surface area contributed by atoms with Crippen LogP contribution >= 0.6 is 0 Å². The molecule has 1 spiro atoms. The van der Waals surface area contributed by atoms with E-state index in [1.165, 1.54) is 50.5 Å². The van der Waals surface area contributed by atoms with Crippen molar-refractivity contribution in [3.8, 4) is 0 Å². The van der Waals surface area contributed by atoms with Crippen LogP contribution in [0.4, 0.5) is 5.69 Å². The molecule has 5 nitrogen and oxygen atoms in total. The molecule has 0 unspecified atom stereocenters. The summed E-state index contributed by atoms with van der Waals surface area (Å²) in [6.45, 7) is 8.48. The van der Waals surface area contributed by atoms with Crippen LogP contribution in [0, 0.1) is 26.2 Å². The quantitative estimate of drug-likeness (QED) is 0.812. The number of nitrogens with one attached hydrogen (secondary N) is 2. The normalized spacial score (nSPS) is 19.4. The van der Waals surface area contributed by atoms with Crippen molar-refractivity contribution < 1.29 is 9.59 Å². The highest BCUT2D eigenvalue weighted by atomic mass is 16.2. The average Bonchev–Trinajstić information content (AvgIpc) is 2.86. The number of hydrogen-bond donors (Lipinski definition) is 2. The number of carbonyl (C=O) groups is 2. The van der Waals surface area contributed by atoms with Crippen LogP contribution in [0.2, 0.25) is 0 Å². The number of hydrogen-bond acceptors (Lipinski definition) is 3. The summed E-state index contributed by atoms with van der Waals surface area (Å²) in [7, 11) is 0. The van der Waals surface area contributed by atoms with Gasteiger partial charge in [-0.05, 0) is 63.1 Å². The summed E-state index contributed by atoms with van der Waals surface area (Å²) in [6, 6.07) is 4.11. The maximum absolute atomic E-state index is 12.3. The zero-order chi connectivity index (χ0) is 20.1. The van der Waals surface area contributed by atoms with E-state index >= 15 is 0 Å². The van der Waals surface area contributed by atoms with Gasteiger partial charge in [0, 0.05) is 12.2 Å². The number of carbonyl (C=O) groups excluding carboxylic acids is 2. The molecule has 1 aliphatic carbocycles. The highest BCUT2D eigenvalue weighted by Gasteiger charge is 2.38. The molecule has 5 heteroatoms. The lowest BCUT2D eigenvalue weighted by Crippen LogP contribution is -2.40. The lowest BCUT2D eigenvalue weighted by molar-refractivity contribution is -0.124. The van der Waals surface area contributed by atoms with Gasteiger partial charge < -0.3 is 10.6 Å². The van der Waals surface area contributed by atoms with Gasteiger partial charge in [0.05, 0.1) is 13.1 Å². The van der Waals surface area contributed by atoms with Crippen molar-refractivity contribution in [1.82, 2.24) is 10.2 Å². The summed E-state index contributed by atoms with van der Waals surface area (Å²) in [5.74, 6) is -0.233. The molecule has 1 aromatic carbocycles. The van der Waals surface area contributed by atoms with E-state index in [-0.39, 0.29) is 18.4 Å². The van der Waals surface area contributed by atoms with E-state index in [0.29, 0.717) is 12.0 Å². The highest BCUT2D eigenvalue weighted by Crippen LogP contribution is 2.42. The van der Waals surface area contributed by atoms with Gasteiger partial charge in [0.1, 0.15) is 0 Å². The van der Waals surface area contributed by atoms with E-state index in [1.807, 2.05) is 20.8 Å². The van der Waals surface area contributed by atoms with Crippen molar-refractivity contribution in [3.05, 3.63) is 28.8 Å². The molecule has 154 valence electrons. The first-order chi connectivity index (χ1) is 13.4. The van der Waals surface area contributed by atoms with Crippen molar-refractivity contribution in [2.75, 3.05) is 31.5 Å². The van der Waals surface area contributed by atoms with Gasteiger partial charge in [-0.1, -0.05) is 43.4 Å². The highest BCUT2D eigenvalue weighted by molar-refractivity contribution is 5.96. The summed E-state index contributed by atoms with van der Waals surface area (Å²) in [5.41, 5.74) is 4.55. The molecule has 2 fully saturated rings. The minimum atomic E-state index is -0.176. The van der Waals surface area contributed by atoms with Crippen molar-refractivity contribution in [3.63, 3.8) is 0 Å². The molecule has 3 rings (SSSR count). The number of aryl methyl sites for hydroxylation is 3. The smallest absolute Gasteiger partial charge is 0.243 e. The number of likely N-dealkylation sites (tertiary alicyclic amines) is 1. The number of rotatable bonds is 5. The zero-order valence-electron chi connectivity index (χ0n) is 17.7. The van der Waals surface area contributed by atoms with Crippen LogP contribution in [-0.2, 0) is 9.59 Å². The summed E-state index contributed by atoms with van der Waals surface area (Å²) < 4.78 is 0. The molecule has 0 bridgehead atoms. The number of anilines is 1. The molecule has 2 aliphatic rings. The zero-order valence-corrected chi connectivity index (χ0v) is 17.7. The lowest BCUT2D eigenvalue weighted by Gasteiger charge is -2.27. The van der Waals surface area contributed by atoms with Crippen molar-refractivity contribution in [1.29, 1.82) is 0 Å². The topological polar surface area (TPSA) is 61.4 Å². The molecule has 1 aliphatic heterocycles. The largest absolute Gasteiger partial charge is 0.346 e. The van der Waals surface area contributed by atoms with Gasteiger partial charge in [0.25, 0.3) is 0 Å². The first-order valence-electron chi connectivity index (χ1n) is 10.7. The van der Waals surface area contributed by atoms with E-state index in [4.69, 9.17) is 0 Å². The molecule has 0 atom stereocenters. The Bertz CT molecular complexity index is 698. The standard InChI is InChI=1S/C23H35N3O2/c1-17-12-18(2)22(19(3)13-17)25-20(27)14-24-21(28)15-26-11-10-23(16-26)8-6-4-5-7-9-23/h12-13H,4-11,14-16H2,1-3H3,(H,24,28)(H,25,27). The van der Waals surface area contributed by atoms with Crippen molar-refractivity contribution in [2.24, 2.45) is 5.41 Å². The van der Waals surface area contributed by atoms with Crippen LogP contribution < -0.4 is 10.6 Å². The minimum absolute atomic E-state index is 0.0184. The van der Waals surface area contributed by atoms with E-state index < -0.39 is 0 Å². The molecule has 1 heterocycles. The Morgan fingerprint density at radius 1 is 0.964 bits per heavy atom. The van der Waals surface area contributed by atoms with Gasteiger partial charge in [-0.15, -0.1) is 0 Å². The summed E-state index contributed by atoms with van der Waals surface area (Å²) in [5, 5.41) is 5.73. The molecular weight excluding hydrogens is 350 g/mol. The Morgan fingerprint density at radius 2 is 1.61 bits per heavy atom. The molecule has 0 radical (unpaired) electrons. The summed E-state index contributed by atoms with van der Waals surface area (Å²) in [6.07, 6.45) is 9.21. The molecule has 1 saturated heterocycles. The maximum Gasteiger partial charge on any atom is 0.243 e. The third-order valence-electron chi connectivity index (χ3n) is 6.44. The van der Waals surface area contributed by atoms with Gasteiger partial charge in [-0.3, -0.25) is 14.5 Å². The third-order valence-corrected chi connectivity index (χ3v) is 6.44. The average molecular weight is 386 g/mol. The Kier molecular flexibility index (Phi) is 6.76. The van der Waals surface area contributed by atoms with Crippen LogP contribution in [0.3, 0.4) is 0 Å². The van der Waals surface area contributed by atoms with E-state index in [2.05, 4.69) is 27.7 Å². The van der Waals surface area contributed by atoms with E-state index in [9.17, 15) is 9.59 Å². The van der Waals surface area contributed by atoms with Crippen molar-refractivity contribution in [2.45, 2.75) is 65.7 Å². The third kappa shape index (κ3) is 5.34. The fourth-order valence-electron chi connectivity index (χ4n) is 5.05. The number of amides is 2. The summed E-state index contributed by atoms with van der Waals surface area (Å²) >= 11 is 0. The number of benzene rings is 1. The molecule has 0 aromatic heterocycles. The Morgan fingerprint density at radius 3 is 2.25 bits per heavy atom. The van der Waals surface area contributed by atoms with Crippen LogP contribution in [0.1, 0.15) is 61.6 Å². The first-order valence-corrected chi connectivity index (χ1v) is 10.7. The van der Waals surface area contributed by atoms with Crippen LogP contribution in [0.15, 0.2) is 12.1 Å². The summed E-state index contributed by atoms with van der Waals surface area (Å²) in [4.78, 5) is 26.9. The Hall–Kier alpha value is -1.88. The monoisotopic (exact) mass is 385 g/mol. The minimum Gasteiger partial charge on any atom is -0.346 e. The predicted molar refractivity (Wildman–Crippen MR) is 113 cm³/mol. The second kappa shape index (κ2) is 9.08. The van der Waals surface area contributed by atoms with Crippen LogP contribution in [0.5, 0.6) is 0 Å². The SMILES string of the molecule is Cc1cc(C)c(NC(=O)CNC(=O)CN2CCC3(CCCCCC3)C2)c(C)c1. The molecule has 28 heavy (non-hydrogen) atoms. The number of nitrogens with zero attached hydrogens (tertiary/aromatic N) is 1. The maximum atomic E-state index is 12.3.